The molecule has 102 valence electrons. The van der Waals surface area contributed by atoms with Gasteiger partial charge in [0, 0.05) is 0 Å². The van der Waals surface area contributed by atoms with Gasteiger partial charge in [-0.15, -0.1) is 0 Å². The molecule has 0 aliphatic heterocycles. The number of hydrogen-bond donors (Lipinski definition) is 1. The summed E-state index contributed by atoms with van der Waals surface area (Å²) < 4.78 is 40.7. The van der Waals surface area contributed by atoms with E-state index in [1.165, 1.54) is 0 Å². The predicted octanol–water partition coefficient (Wildman–Crippen LogP) is 3.14. The summed E-state index contributed by atoms with van der Waals surface area (Å²) >= 11 is 0. The third-order valence-corrected chi connectivity index (χ3v) is 2.71. The zero-order chi connectivity index (χ0) is 13.8. The van der Waals surface area contributed by atoms with E-state index in [0.29, 0.717) is 0 Å². The summed E-state index contributed by atoms with van der Waals surface area (Å²) in [4.78, 5) is 0. The van der Waals surface area contributed by atoms with Crippen LogP contribution in [0.5, 0.6) is 0 Å². The van der Waals surface area contributed by atoms with Gasteiger partial charge in [-0.3, -0.25) is 0 Å². The first kappa shape index (κ1) is 15.0. The second-order valence-electron chi connectivity index (χ2n) is 4.33. The second kappa shape index (κ2) is 6.20. The van der Waals surface area contributed by atoms with Crippen molar-refractivity contribution in [3.05, 3.63) is 34.9 Å². The van der Waals surface area contributed by atoms with Crippen LogP contribution in [-0.2, 0) is 4.74 Å². The van der Waals surface area contributed by atoms with E-state index in [1.54, 1.807) is 7.05 Å². The van der Waals surface area contributed by atoms with E-state index in [9.17, 15) is 13.2 Å². The van der Waals surface area contributed by atoms with Crippen molar-refractivity contribution in [1.29, 1.82) is 0 Å². The normalized spacial score (nSPS) is 13.7. The van der Waals surface area contributed by atoms with Gasteiger partial charge in [-0.2, -0.15) is 13.2 Å². The highest BCUT2D eigenvalue weighted by molar-refractivity contribution is 5.33. The molecule has 5 heteroatoms. The minimum atomic E-state index is -4.28. The standard InChI is InChI=1S/C13H18F3NO/c1-9-4-5-10(2)11(6-9)12(17-3)7-18-8-13(14,15)16/h4-6,12,17H,7-8H2,1-3H3. The number of rotatable bonds is 5. The molecule has 18 heavy (non-hydrogen) atoms. The number of nitrogens with one attached hydrogen (secondary N) is 1. The van der Waals surface area contributed by atoms with Crippen LogP contribution in [0.25, 0.3) is 0 Å². The van der Waals surface area contributed by atoms with E-state index in [4.69, 9.17) is 4.74 Å². The predicted molar refractivity (Wildman–Crippen MR) is 64.6 cm³/mol. The molecule has 0 aliphatic rings. The van der Waals surface area contributed by atoms with E-state index in [2.05, 4.69) is 5.32 Å². The third kappa shape index (κ3) is 4.66. The molecule has 0 aromatic heterocycles. The molecule has 1 atom stereocenters. The quantitative estimate of drug-likeness (QED) is 0.879. The largest absolute Gasteiger partial charge is 0.411 e. The van der Waals surface area contributed by atoms with E-state index in [0.717, 1.165) is 16.7 Å². The number of hydrogen-bond acceptors (Lipinski definition) is 2. The van der Waals surface area contributed by atoms with Crippen molar-refractivity contribution in [1.82, 2.24) is 5.32 Å². The van der Waals surface area contributed by atoms with Gasteiger partial charge in [-0.05, 0) is 32.0 Å². The monoisotopic (exact) mass is 261 g/mol. The summed E-state index contributed by atoms with van der Waals surface area (Å²) in [5, 5.41) is 2.98. The van der Waals surface area contributed by atoms with Crippen LogP contribution in [0, 0.1) is 13.8 Å². The van der Waals surface area contributed by atoms with Gasteiger partial charge in [0.15, 0.2) is 0 Å². The zero-order valence-electron chi connectivity index (χ0n) is 10.8. The lowest BCUT2D eigenvalue weighted by Gasteiger charge is -2.20. The molecule has 2 nitrogen and oxygen atoms in total. The molecule has 0 radical (unpaired) electrons. The van der Waals surface area contributed by atoms with Crippen LogP contribution in [0.4, 0.5) is 13.2 Å². The number of aryl methyl sites for hydroxylation is 2. The first-order valence-corrected chi connectivity index (χ1v) is 5.72. The van der Waals surface area contributed by atoms with E-state index >= 15 is 0 Å². The molecular formula is C13H18F3NO. The van der Waals surface area contributed by atoms with Crippen LogP contribution in [0.15, 0.2) is 18.2 Å². The smallest absolute Gasteiger partial charge is 0.370 e. The van der Waals surface area contributed by atoms with Gasteiger partial charge in [0.1, 0.15) is 6.61 Å². The highest BCUT2D eigenvalue weighted by Crippen LogP contribution is 2.21. The first-order valence-electron chi connectivity index (χ1n) is 5.72. The van der Waals surface area contributed by atoms with E-state index < -0.39 is 12.8 Å². The Morgan fingerprint density at radius 3 is 2.50 bits per heavy atom. The topological polar surface area (TPSA) is 21.3 Å². The number of alkyl halides is 3. The Kier molecular flexibility index (Phi) is 5.16. The lowest BCUT2D eigenvalue weighted by molar-refractivity contribution is -0.175. The Balaban J connectivity index is 2.68. The average molecular weight is 261 g/mol. The maximum absolute atomic E-state index is 12.0. The number of ether oxygens (including phenoxy) is 1. The van der Waals surface area contributed by atoms with Crippen LogP contribution < -0.4 is 5.32 Å². The van der Waals surface area contributed by atoms with Crippen LogP contribution in [-0.4, -0.2) is 26.4 Å². The number of benzene rings is 1. The minimum absolute atomic E-state index is 0.000301. The fourth-order valence-electron chi connectivity index (χ4n) is 1.76. The molecule has 1 aromatic carbocycles. The molecular weight excluding hydrogens is 243 g/mol. The third-order valence-electron chi connectivity index (χ3n) is 2.71. The molecule has 1 unspecified atom stereocenters. The molecule has 0 saturated carbocycles. The van der Waals surface area contributed by atoms with Crippen molar-refractivity contribution in [2.24, 2.45) is 0 Å². The SMILES string of the molecule is CNC(COCC(F)(F)F)c1cc(C)ccc1C. The van der Waals surface area contributed by atoms with Crippen molar-refractivity contribution in [2.45, 2.75) is 26.1 Å². The van der Waals surface area contributed by atoms with Gasteiger partial charge < -0.3 is 10.1 Å². The van der Waals surface area contributed by atoms with Crippen LogP contribution >= 0.6 is 0 Å². The van der Waals surface area contributed by atoms with Crippen molar-refractivity contribution in [2.75, 3.05) is 20.3 Å². The lowest BCUT2D eigenvalue weighted by atomic mass is 9.99. The molecule has 0 aliphatic carbocycles. The number of halogens is 3. The summed E-state index contributed by atoms with van der Waals surface area (Å²) in [7, 11) is 1.71. The van der Waals surface area contributed by atoms with E-state index in [1.807, 2.05) is 32.0 Å². The molecule has 0 bridgehead atoms. The Bertz CT molecular complexity index is 390. The first-order chi connectivity index (χ1) is 8.33. The second-order valence-corrected chi connectivity index (χ2v) is 4.33. The van der Waals surface area contributed by atoms with Gasteiger partial charge >= 0.3 is 6.18 Å². The average Bonchev–Trinajstić information content (AvgIpc) is 2.27. The summed E-state index contributed by atoms with van der Waals surface area (Å²) in [5.74, 6) is 0. The Labute approximate surface area is 105 Å². The van der Waals surface area contributed by atoms with Crippen LogP contribution in [0.2, 0.25) is 0 Å². The zero-order valence-corrected chi connectivity index (χ0v) is 10.8. The van der Waals surface area contributed by atoms with Gasteiger partial charge in [-0.25, -0.2) is 0 Å². The summed E-state index contributed by atoms with van der Waals surface area (Å²) in [6.45, 7) is 2.67. The van der Waals surface area contributed by atoms with Gasteiger partial charge in [0.2, 0.25) is 0 Å². The van der Waals surface area contributed by atoms with Crippen molar-refractivity contribution in [3.63, 3.8) is 0 Å². The van der Waals surface area contributed by atoms with E-state index in [-0.39, 0.29) is 12.6 Å². The molecule has 0 fully saturated rings. The van der Waals surface area contributed by atoms with Crippen LogP contribution in [0.3, 0.4) is 0 Å². The highest BCUT2D eigenvalue weighted by Gasteiger charge is 2.28. The fraction of sp³-hybridized carbons (Fsp3) is 0.538. The Hall–Kier alpha value is -1.07. The van der Waals surface area contributed by atoms with Gasteiger partial charge in [0.25, 0.3) is 0 Å². The van der Waals surface area contributed by atoms with Gasteiger partial charge in [-0.1, -0.05) is 23.8 Å². The fourth-order valence-corrected chi connectivity index (χ4v) is 1.76. The highest BCUT2D eigenvalue weighted by atomic mass is 19.4. The lowest BCUT2D eigenvalue weighted by Crippen LogP contribution is -2.26. The van der Waals surface area contributed by atoms with Gasteiger partial charge in [0.05, 0.1) is 12.6 Å². The molecule has 0 heterocycles. The molecule has 1 rings (SSSR count). The Morgan fingerprint density at radius 2 is 1.94 bits per heavy atom. The molecule has 1 N–H and O–H groups in total. The molecule has 1 aromatic rings. The summed E-state index contributed by atoms with van der Waals surface area (Å²) in [6.07, 6.45) is -4.28. The molecule has 0 spiro atoms. The molecule has 0 amide bonds. The van der Waals surface area contributed by atoms with Crippen molar-refractivity contribution < 1.29 is 17.9 Å². The number of likely N-dealkylation sites (N-methyl/N-ethyl adjacent to an activating group) is 1. The summed E-state index contributed by atoms with van der Waals surface area (Å²) in [6, 6.07) is 5.67. The van der Waals surface area contributed by atoms with Crippen LogP contribution in [0.1, 0.15) is 22.7 Å². The maximum Gasteiger partial charge on any atom is 0.411 e. The summed E-state index contributed by atoms with van der Waals surface area (Å²) in [5.41, 5.74) is 3.09. The Morgan fingerprint density at radius 1 is 1.28 bits per heavy atom. The minimum Gasteiger partial charge on any atom is -0.370 e. The maximum atomic E-state index is 12.0. The van der Waals surface area contributed by atoms with Crippen molar-refractivity contribution >= 4 is 0 Å². The molecule has 0 saturated heterocycles. The van der Waals surface area contributed by atoms with Crippen molar-refractivity contribution in [3.8, 4) is 0 Å².